The Labute approximate surface area is 186 Å². The number of unbranched alkanes of at least 4 members (excludes halogenated alkanes) is 9. The lowest BCUT2D eigenvalue weighted by molar-refractivity contribution is -0.864. The summed E-state index contributed by atoms with van der Waals surface area (Å²) in [6.07, 6.45) is 12.9. The van der Waals surface area contributed by atoms with E-state index in [0.29, 0.717) is 17.3 Å². The van der Waals surface area contributed by atoms with Gasteiger partial charge in [0, 0.05) is 0 Å². The minimum atomic E-state index is -4.31. The minimum absolute atomic E-state index is 0.0694. The topological polar surface area (TPSA) is 101 Å². The van der Waals surface area contributed by atoms with Crippen LogP contribution in [0.2, 0.25) is 0 Å². The Kier molecular flexibility index (Phi) is 16.8. The van der Waals surface area contributed by atoms with Crippen molar-refractivity contribution in [2.24, 2.45) is 0 Å². The number of aliphatic carboxylic acids is 1. The van der Waals surface area contributed by atoms with E-state index in [4.69, 9.17) is 0 Å². The highest BCUT2D eigenvalue weighted by Crippen LogP contribution is 2.30. The molecule has 0 aromatic carbocycles. The molecule has 0 amide bonds. The number of likely N-dealkylation sites (N-methyl/N-ethyl adjacent to an activating group) is 1. The monoisotopic (exact) mass is 451 g/mol. The number of carbonyl (C=O) groups is 1. The fourth-order valence-electron chi connectivity index (χ4n) is 3.52. The van der Waals surface area contributed by atoms with Gasteiger partial charge in [-0.25, -0.2) is 8.42 Å². The molecular weight excluding hydrogens is 404 g/mol. The van der Waals surface area contributed by atoms with Gasteiger partial charge >= 0.3 is 0 Å². The first-order valence-corrected chi connectivity index (χ1v) is 12.8. The molecule has 0 fully saturated rings. The van der Waals surface area contributed by atoms with Crippen LogP contribution in [0, 0.1) is 0 Å². The third-order valence-electron chi connectivity index (χ3n) is 5.36. The maximum Gasteiger partial charge on any atom is 0.118 e. The van der Waals surface area contributed by atoms with Crippen molar-refractivity contribution in [2.75, 3.05) is 41.8 Å². The number of carboxylic acid groups (broad SMARTS) is 1. The number of carbonyl (C=O) groups excluding carboxylic acids is 1. The molecule has 0 bridgehead atoms. The van der Waals surface area contributed by atoms with Crippen molar-refractivity contribution in [3.63, 3.8) is 0 Å². The van der Waals surface area contributed by atoms with Gasteiger partial charge in [-0.15, -0.1) is 0 Å². The van der Waals surface area contributed by atoms with Crippen LogP contribution in [0.4, 0.5) is 0 Å². The van der Waals surface area contributed by atoms with E-state index in [9.17, 15) is 22.9 Å². The van der Waals surface area contributed by atoms with Crippen LogP contribution < -0.4 is 5.11 Å². The molecule has 0 aliphatic heterocycles. The standard InChI is InChI=1S/C17H37NO3S.C5H11NO2/c1-5-7-8-9-10-11-12-13-14-15-16-17(6-2,18(3)4)22(19,20)21;1-6(2,3)4-5(7)8/h5-16H2,1-4H3,(H,19,20,21);4H2,1-3H3/p-1. The number of hydrogen-bond donors (Lipinski definition) is 0. The molecule has 0 aliphatic carbocycles. The van der Waals surface area contributed by atoms with Crippen LogP contribution >= 0.6 is 0 Å². The molecule has 7 nitrogen and oxygen atoms in total. The maximum absolute atomic E-state index is 11.6. The summed E-state index contributed by atoms with van der Waals surface area (Å²) in [5.74, 6) is -1.00. The third kappa shape index (κ3) is 15.2. The smallest absolute Gasteiger partial charge is 0.118 e. The zero-order valence-electron chi connectivity index (χ0n) is 20.5. The molecule has 1 unspecified atom stereocenters. The molecule has 8 heteroatoms. The minimum Gasteiger partial charge on any atom is -0.747 e. The Hall–Kier alpha value is -0.700. The first kappa shape index (κ1) is 31.5. The van der Waals surface area contributed by atoms with Gasteiger partial charge in [-0.3, -0.25) is 4.90 Å². The molecule has 0 saturated heterocycles. The Bertz CT molecular complexity index is 544. The van der Waals surface area contributed by atoms with Crippen LogP contribution in [0.3, 0.4) is 0 Å². The van der Waals surface area contributed by atoms with Gasteiger partial charge in [0.1, 0.15) is 21.5 Å². The van der Waals surface area contributed by atoms with Gasteiger partial charge in [-0.05, 0) is 26.9 Å². The van der Waals surface area contributed by atoms with Crippen LogP contribution in [0.1, 0.15) is 90.9 Å². The largest absolute Gasteiger partial charge is 0.747 e. The molecule has 0 N–H and O–H groups in total. The van der Waals surface area contributed by atoms with E-state index in [-0.39, 0.29) is 6.54 Å². The lowest BCUT2D eigenvalue weighted by Gasteiger charge is -2.41. The van der Waals surface area contributed by atoms with Crippen molar-refractivity contribution in [3.8, 4) is 0 Å². The van der Waals surface area contributed by atoms with E-state index < -0.39 is 21.0 Å². The van der Waals surface area contributed by atoms with Gasteiger partial charge in [0.2, 0.25) is 0 Å². The highest BCUT2D eigenvalue weighted by Gasteiger charge is 2.37. The average molecular weight is 452 g/mol. The Morgan fingerprint density at radius 1 is 0.867 bits per heavy atom. The second kappa shape index (κ2) is 16.0. The Morgan fingerprint density at radius 2 is 1.27 bits per heavy atom. The Morgan fingerprint density at radius 3 is 1.50 bits per heavy atom. The number of quaternary nitrogens is 1. The number of rotatable bonds is 16. The van der Waals surface area contributed by atoms with E-state index in [0.717, 1.165) is 19.3 Å². The zero-order chi connectivity index (χ0) is 23.8. The van der Waals surface area contributed by atoms with Crippen LogP contribution in [-0.4, -0.2) is 75.0 Å². The lowest BCUT2D eigenvalue weighted by Crippen LogP contribution is -2.50. The predicted molar refractivity (Wildman–Crippen MR) is 121 cm³/mol. The summed E-state index contributed by atoms with van der Waals surface area (Å²) >= 11 is 0. The van der Waals surface area contributed by atoms with Crippen molar-refractivity contribution in [1.82, 2.24) is 4.90 Å². The molecule has 0 radical (unpaired) electrons. The molecule has 182 valence electrons. The second-order valence-electron chi connectivity index (χ2n) is 9.40. The fraction of sp³-hybridized carbons (Fsp3) is 0.955. The summed E-state index contributed by atoms with van der Waals surface area (Å²) in [6, 6.07) is 0. The van der Waals surface area contributed by atoms with Gasteiger partial charge in [-0.1, -0.05) is 78.1 Å². The summed E-state index contributed by atoms with van der Waals surface area (Å²) in [5.41, 5.74) is 0. The van der Waals surface area contributed by atoms with Crippen molar-refractivity contribution < 1.29 is 27.4 Å². The molecule has 0 aromatic rings. The molecule has 0 rings (SSSR count). The summed E-state index contributed by atoms with van der Waals surface area (Å²) in [4.78, 5) is 10.2. The summed E-state index contributed by atoms with van der Waals surface area (Å²) in [5, 5.41) is 9.89. The number of hydrogen-bond acceptors (Lipinski definition) is 6. The van der Waals surface area contributed by atoms with Crippen LogP contribution in [0.25, 0.3) is 0 Å². The van der Waals surface area contributed by atoms with Gasteiger partial charge < -0.3 is 18.9 Å². The van der Waals surface area contributed by atoms with Crippen molar-refractivity contribution in [2.45, 2.75) is 95.8 Å². The number of carboxylic acids is 1. The average Bonchev–Trinajstić information content (AvgIpc) is 2.57. The van der Waals surface area contributed by atoms with Gasteiger partial charge in [0.15, 0.2) is 0 Å². The van der Waals surface area contributed by atoms with Crippen LogP contribution in [-0.2, 0) is 14.9 Å². The quantitative estimate of drug-likeness (QED) is 0.203. The van der Waals surface area contributed by atoms with E-state index in [1.54, 1.807) is 47.1 Å². The highest BCUT2D eigenvalue weighted by atomic mass is 32.2. The van der Waals surface area contributed by atoms with E-state index in [2.05, 4.69) is 6.92 Å². The molecule has 1 atom stereocenters. The van der Waals surface area contributed by atoms with E-state index in [1.807, 2.05) is 0 Å². The first-order valence-electron chi connectivity index (χ1n) is 11.4. The lowest BCUT2D eigenvalue weighted by atomic mass is 10.0. The van der Waals surface area contributed by atoms with Gasteiger partial charge in [0.25, 0.3) is 0 Å². The van der Waals surface area contributed by atoms with Crippen molar-refractivity contribution in [3.05, 3.63) is 0 Å². The van der Waals surface area contributed by atoms with Crippen LogP contribution in [0.15, 0.2) is 0 Å². The van der Waals surface area contributed by atoms with Gasteiger partial charge in [0.05, 0.1) is 27.1 Å². The summed E-state index contributed by atoms with van der Waals surface area (Å²) in [6.45, 7) is 4.08. The SMILES string of the molecule is CCCCCCCCCCCCC(CC)(N(C)C)S(=O)(=O)[O-].C[N+](C)(C)CC(=O)[O-]. The van der Waals surface area contributed by atoms with Crippen molar-refractivity contribution >= 4 is 16.1 Å². The number of nitrogens with zero attached hydrogens (tertiary/aromatic N) is 2. The summed E-state index contributed by atoms with van der Waals surface area (Å²) < 4.78 is 35.3. The van der Waals surface area contributed by atoms with Crippen LogP contribution in [0.5, 0.6) is 0 Å². The molecule has 30 heavy (non-hydrogen) atoms. The molecule has 0 aliphatic rings. The zero-order valence-corrected chi connectivity index (χ0v) is 21.4. The molecular formula is C22H47N2O5S-. The molecule has 0 spiro atoms. The molecule has 0 saturated carbocycles. The van der Waals surface area contributed by atoms with Gasteiger partial charge in [-0.2, -0.15) is 0 Å². The molecule has 0 aromatic heterocycles. The van der Waals surface area contributed by atoms with E-state index in [1.165, 1.54) is 44.9 Å². The normalized spacial score (nSPS) is 14.2. The van der Waals surface area contributed by atoms with Crippen molar-refractivity contribution in [1.29, 1.82) is 0 Å². The maximum atomic E-state index is 11.6. The Balaban J connectivity index is 0. The fourth-order valence-corrected chi connectivity index (χ4v) is 4.71. The van der Waals surface area contributed by atoms with E-state index >= 15 is 0 Å². The highest BCUT2D eigenvalue weighted by molar-refractivity contribution is 7.87. The third-order valence-corrected chi connectivity index (χ3v) is 7.15. The predicted octanol–water partition coefficient (Wildman–Crippen LogP) is 2.95. The first-order chi connectivity index (χ1) is 13.7. The summed E-state index contributed by atoms with van der Waals surface area (Å²) in [7, 11) is 4.47. The second-order valence-corrected chi connectivity index (χ2v) is 11.1. The molecule has 0 heterocycles.